The van der Waals surface area contributed by atoms with Gasteiger partial charge in [0.25, 0.3) is 0 Å². The molecular weight excluding hydrogens is 252 g/mol. The number of nitrogens with one attached hydrogen (secondary N) is 2. The highest BCUT2D eigenvalue weighted by Gasteiger charge is 2.41. The summed E-state index contributed by atoms with van der Waals surface area (Å²) in [4.78, 5) is 11.8. The Bertz CT molecular complexity index is 318. The van der Waals surface area contributed by atoms with Gasteiger partial charge in [0.2, 0.25) is 0 Å². The Balaban J connectivity index is 1.72. The summed E-state index contributed by atoms with van der Waals surface area (Å²) in [6.45, 7) is 8.63. The molecule has 4 heteroatoms. The van der Waals surface area contributed by atoms with Crippen LogP contribution < -0.4 is 10.6 Å². The predicted molar refractivity (Wildman–Crippen MR) is 80.7 cm³/mol. The van der Waals surface area contributed by atoms with Gasteiger partial charge in [0.15, 0.2) is 0 Å². The normalized spacial score (nSPS) is 20.9. The van der Waals surface area contributed by atoms with Gasteiger partial charge in [0.05, 0.1) is 0 Å². The molecule has 1 unspecified atom stereocenters. The second-order valence-electron chi connectivity index (χ2n) is 7.36. The molecule has 2 fully saturated rings. The maximum Gasteiger partial charge on any atom is 0.407 e. The lowest BCUT2D eigenvalue weighted by molar-refractivity contribution is 0.0501. The standard InChI is InChI=1S/C16H30N2O2/c1-5-13(18-15(19)20-16(2,3)4)10-17-14(11-6-7-11)12-8-9-12/h11-14,17H,5-10H2,1-4H3,(H,18,19). The first-order chi connectivity index (χ1) is 9.39. The van der Waals surface area contributed by atoms with E-state index in [-0.39, 0.29) is 12.1 Å². The number of carbonyl (C=O) groups is 1. The van der Waals surface area contributed by atoms with Crippen molar-refractivity contribution in [1.82, 2.24) is 10.6 Å². The molecule has 2 N–H and O–H groups in total. The van der Waals surface area contributed by atoms with Crippen LogP contribution in [0.5, 0.6) is 0 Å². The van der Waals surface area contributed by atoms with E-state index in [0.29, 0.717) is 6.04 Å². The van der Waals surface area contributed by atoms with Crippen LogP contribution in [0.3, 0.4) is 0 Å². The highest BCUT2D eigenvalue weighted by Crippen LogP contribution is 2.44. The molecule has 0 spiro atoms. The monoisotopic (exact) mass is 282 g/mol. The van der Waals surface area contributed by atoms with Crippen LogP contribution in [-0.2, 0) is 4.74 Å². The number of amides is 1. The molecule has 1 amide bonds. The molecule has 0 aliphatic heterocycles. The van der Waals surface area contributed by atoms with Crippen molar-refractivity contribution in [2.24, 2.45) is 11.8 Å². The molecule has 0 saturated heterocycles. The molecule has 4 nitrogen and oxygen atoms in total. The van der Waals surface area contributed by atoms with Crippen LogP contribution in [0.1, 0.15) is 59.8 Å². The van der Waals surface area contributed by atoms with Crippen molar-refractivity contribution >= 4 is 6.09 Å². The Morgan fingerprint density at radius 1 is 1.20 bits per heavy atom. The van der Waals surface area contributed by atoms with Gasteiger partial charge in [-0.05, 0) is 64.7 Å². The van der Waals surface area contributed by atoms with E-state index in [1.54, 1.807) is 0 Å². The molecule has 0 heterocycles. The first-order valence-corrected chi connectivity index (χ1v) is 8.12. The van der Waals surface area contributed by atoms with Crippen LogP contribution in [0.4, 0.5) is 4.79 Å². The minimum atomic E-state index is -0.430. The number of alkyl carbamates (subject to hydrolysis) is 1. The molecule has 1 atom stereocenters. The Morgan fingerprint density at radius 2 is 1.75 bits per heavy atom. The maximum absolute atomic E-state index is 11.8. The zero-order valence-corrected chi connectivity index (χ0v) is 13.4. The Hall–Kier alpha value is -0.770. The number of hydrogen-bond acceptors (Lipinski definition) is 3. The van der Waals surface area contributed by atoms with E-state index in [2.05, 4.69) is 17.6 Å². The third-order valence-corrected chi connectivity index (χ3v) is 4.07. The van der Waals surface area contributed by atoms with Crippen LogP contribution in [0.25, 0.3) is 0 Å². The van der Waals surface area contributed by atoms with E-state index in [4.69, 9.17) is 4.74 Å². The topological polar surface area (TPSA) is 50.4 Å². The predicted octanol–water partition coefficient (Wildman–Crippen LogP) is 3.07. The summed E-state index contributed by atoms with van der Waals surface area (Å²) in [6.07, 6.45) is 6.14. The fourth-order valence-corrected chi connectivity index (χ4v) is 2.68. The minimum Gasteiger partial charge on any atom is -0.444 e. The Labute approximate surface area is 123 Å². The van der Waals surface area contributed by atoms with E-state index >= 15 is 0 Å². The summed E-state index contributed by atoms with van der Waals surface area (Å²) >= 11 is 0. The lowest BCUT2D eigenvalue weighted by Gasteiger charge is -2.25. The van der Waals surface area contributed by atoms with Gasteiger partial charge in [-0.15, -0.1) is 0 Å². The largest absolute Gasteiger partial charge is 0.444 e. The summed E-state index contributed by atoms with van der Waals surface area (Å²) < 4.78 is 5.32. The fourth-order valence-electron chi connectivity index (χ4n) is 2.68. The van der Waals surface area contributed by atoms with Gasteiger partial charge in [-0.2, -0.15) is 0 Å². The Morgan fingerprint density at radius 3 is 2.15 bits per heavy atom. The number of ether oxygens (including phenoxy) is 1. The summed E-state index contributed by atoms with van der Waals surface area (Å²) in [5.74, 6) is 1.78. The molecular formula is C16H30N2O2. The van der Waals surface area contributed by atoms with Gasteiger partial charge < -0.3 is 15.4 Å². The van der Waals surface area contributed by atoms with Crippen LogP contribution in [0.15, 0.2) is 0 Å². The van der Waals surface area contributed by atoms with Crippen molar-refractivity contribution in [3.63, 3.8) is 0 Å². The highest BCUT2D eigenvalue weighted by atomic mass is 16.6. The van der Waals surface area contributed by atoms with Gasteiger partial charge in [-0.1, -0.05) is 6.92 Å². The van der Waals surface area contributed by atoms with Crippen molar-refractivity contribution in [3.05, 3.63) is 0 Å². The lowest BCUT2D eigenvalue weighted by Crippen LogP contribution is -2.47. The van der Waals surface area contributed by atoms with Crippen LogP contribution in [-0.4, -0.2) is 30.3 Å². The zero-order valence-electron chi connectivity index (χ0n) is 13.4. The van der Waals surface area contributed by atoms with E-state index in [9.17, 15) is 4.79 Å². The number of rotatable bonds is 7. The summed E-state index contributed by atoms with van der Waals surface area (Å²) in [6, 6.07) is 0.842. The molecule has 0 aromatic carbocycles. The van der Waals surface area contributed by atoms with Crippen LogP contribution in [0, 0.1) is 11.8 Å². The van der Waals surface area contributed by atoms with Crippen LogP contribution in [0.2, 0.25) is 0 Å². The van der Waals surface area contributed by atoms with Crippen molar-refractivity contribution in [1.29, 1.82) is 0 Å². The maximum atomic E-state index is 11.8. The fraction of sp³-hybridized carbons (Fsp3) is 0.938. The second kappa shape index (κ2) is 6.33. The van der Waals surface area contributed by atoms with Gasteiger partial charge in [0, 0.05) is 18.6 Å². The molecule has 2 rings (SSSR count). The van der Waals surface area contributed by atoms with Crippen molar-refractivity contribution in [3.8, 4) is 0 Å². The van der Waals surface area contributed by atoms with E-state index < -0.39 is 5.60 Å². The first-order valence-electron chi connectivity index (χ1n) is 8.12. The Kier molecular flexibility index (Phi) is 4.95. The number of hydrogen-bond donors (Lipinski definition) is 2. The minimum absolute atomic E-state index is 0.157. The third kappa shape index (κ3) is 5.31. The smallest absolute Gasteiger partial charge is 0.407 e. The van der Waals surface area contributed by atoms with Gasteiger partial charge >= 0.3 is 6.09 Å². The van der Waals surface area contributed by atoms with E-state index in [1.165, 1.54) is 25.7 Å². The molecule has 2 saturated carbocycles. The first kappa shape index (κ1) is 15.6. The molecule has 2 aliphatic rings. The summed E-state index contributed by atoms with van der Waals surface area (Å²) in [5.41, 5.74) is -0.430. The van der Waals surface area contributed by atoms with Crippen LogP contribution >= 0.6 is 0 Å². The molecule has 0 aromatic rings. The average molecular weight is 282 g/mol. The van der Waals surface area contributed by atoms with Gasteiger partial charge in [-0.3, -0.25) is 0 Å². The summed E-state index contributed by atoms with van der Waals surface area (Å²) in [7, 11) is 0. The van der Waals surface area contributed by atoms with Crippen molar-refractivity contribution < 1.29 is 9.53 Å². The molecule has 0 aromatic heterocycles. The van der Waals surface area contributed by atoms with Gasteiger partial charge in [0.1, 0.15) is 5.60 Å². The lowest BCUT2D eigenvalue weighted by atomic mass is 10.1. The van der Waals surface area contributed by atoms with Crippen molar-refractivity contribution in [2.75, 3.05) is 6.54 Å². The zero-order chi connectivity index (χ0) is 14.8. The molecule has 2 aliphatic carbocycles. The van der Waals surface area contributed by atoms with Gasteiger partial charge in [-0.25, -0.2) is 4.79 Å². The quantitative estimate of drug-likeness (QED) is 0.754. The van der Waals surface area contributed by atoms with E-state index in [1.807, 2.05) is 20.8 Å². The highest BCUT2D eigenvalue weighted by molar-refractivity contribution is 5.68. The number of carbonyl (C=O) groups excluding carboxylic acids is 1. The molecule has 20 heavy (non-hydrogen) atoms. The molecule has 116 valence electrons. The summed E-state index contributed by atoms with van der Waals surface area (Å²) in [5, 5.41) is 6.67. The SMILES string of the molecule is CCC(CNC(C1CC1)C1CC1)NC(=O)OC(C)(C)C. The van der Waals surface area contributed by atoms with Crippen molar-refractivity contribution in [2.45, 2.75) is 77.5 Å². The van der Waals surface area contributed by atoms with E-state index in [0.717, 1.165) is 24.8 Å². The second-order valence-corrected chi connectivity index (χ2v) is 7.36. The molecule has 0 radical (unpaired) electrons. The molecule has 0 bridgehead atoms. The average Bonchev–Trinajstić information content (AvgIpc) is 3.18. The third-order valence-electron chi connectivity index (χ3n) is 4.07.